The Morgan fingerprint density at radius 3 is 2.41 bits per heavy atom. The topological polar surface area (TPSA) is 66.5 Å². The third kappa shape index (κ3) is 5.26. The molecular formula is C21H24N2O3S. The normalized spacial score (nSPS) is 14.8. The minimum absolute atomic E-state index is 0.00134. The molecule has 2 aromatic rings. The Labute approximate surface area is 163 Å². The molecule has 3 rings (SSSR count). The molecule has 142 valence electrons. The van der Waals surface area contributed by atoms with Gasteiger partial charge in [0.2, 0.25) is 5.91 Å². The van der Waals surface area contributed by atoms with Crippen LogP contribution in [0.25, 0.3) is 0 Å². The van der Waals surface area contributed by atoms with E-state index in [9.17, 15) is 14.4 Å². The average Bonchev–Trinajstić information content (AvgIpc) is 3.22. The number of nitrogens with one attached hydrogen (secondary N) is 1. The first-order valence-corrected chi connectivity index (χ1v) is 10.1. The second-order valence-electron chi connectivity index (χ2n) is 6.90. The van der Waals surface area contributed by atoms with Crippen LogP contribution in [-0.4, -0.2) is 41.6 Å². The van der Waals surface area contributed by atoms with E-state index >= 15 is 0 Å². The van der Waals surface area contributed by atoms with Gasteiger partial charge in [-0.1, -0.05) is 35.9 Å². The highest BCUT2D eigenvalue weighted by atomic mass is 32.1. The highest BCUT2D eigenvalue weighted by Crippen LogP contribution is 2.15. The summed E-state index contributed by atoms with van der Waals surface area (Å²) in [6, 6.07) is 11.2. The fourth-order valence-corrected chi connectivity index (χ4v) is 3.83. The van der Waals surface area contributed by atoms with Crippen molar-refractivity contribution >= 4 is 28.9 Å². The highest BCUT2D eigenvalue weighted by Gasteiger charge is 2.24. The lowest BCUT2D eigenvalue weighted by molar-refractivity contribution is -0.132. The Balaban J connectivity index is 1.41. The number of amides is 2. The molecule has 0 atom stereocenters. The number of likely N-dealkylation sites (tertiary alicyclic amines) is 1. The van der Waals surface area contributed by atoms with Gasteiger partial charge < -0.3 is 10.2 Å². The molecule has 2 heterocycles. The number of hydrogen-bond donors (Lipinski definition) is 1. The summed E-state index contributed by atoms with van der Waals surface area (Å²) in [5.41, 5.74) is 1.76. The minimum Gasteiger partial charge on any atom is -0.348 e. The van der Waals surface area contributed by atoms with Gasteiger partial charge in [-0.15, -0.1) is 11.3 Å². The molecule has 1 aliphatic heterocycles. The molecule has 1 aromatic heterocycles. The zero-order chi connectivity index (χ0) is 19.2. The average molecular weight is 385 g/mol. The third-order valence-electron chi connectivity index (χ3n) is 4.87. The van der Waals surface area contributed by atoms with Crippen LogP contribution in [0.15, 0.2) is 41.8 Å². The summed E-state index contributed by atoms with van der Waals surface area (Å²) in [5.74, 6) is -0.0292. The molecule has 0 bridgehead atoms. The van der Waals surface area contributed by atoms with Crippen molar-refractivity contribution in [1.29, 1.82) is 0 Å². The summed E-state index contributed by atoms with van der Waals surface area (Å²) in [7, 11) is 0. The summed E-state index contributed by atoms with van der Waals surface area (Å²) in [4.78, 5) is 39.2. The quantitative estimate of drug-likeness (QED) is 0.776. The maximum absolute atomic E-state index is 12.4. The Morgan fingerprint density at radius 2 is 1.78 bits per heavy atom. The van der Waals surface area contributed by atoms with Crippen molar-refractivity contribution in [3.63, 3.8) is 0 Å². The molecule has 0 saturated carbocycles. The van der Waals surface area contributed by atoms with E-state index in [1.54, 1.807) is 4.90 Å². The molecular weight excluding hydrogens is 360 g/mol. The number of benzene rings is 1. The summed E-state index contributed by atoms with van der Waals surface area (Å²) in [5, 5.41) is 4.92. The largest absolute Gasteiger partial charge is 0.348 e. The van der Waals surface area contributed by atoms with E-state index in [2.05, 4.69) is 5.32 Å². The van der Waals surface area contributed by atoms with Crippen LogP contribution in [0, 0.1) is 6.92 Å². The summed E-state index contributed by atoms with van der Waals surface area (Å²) in [6.07, 6.45) is 1.96. The number of thiophene rings is 1. The standard InChI is InChI=1S/C21H24N2O3S/c1-15-4-6-16(7-5-15)18(24)8-9-20(25)23-12-10-17(11-13-23)22-21(26)19-3-2-14-27-19/h2-7,14,17H,8-13H2,1H3,(H,22,26). The van der Waals surface area contributed by atoms with Crippen molar-refractivity contribution in [2.45, 2.75) is 38.6 Å². The van der Waals surface area contributed by atoms with E-state index < -0.39 is 0 Å². The van der Waals surface area contributed by atoms with Crippen LogP contribution in [-0.2, 0) is 4.79 Å². The van der Waals surface area contributed by atoms with Crippen LogP contribution >= 0.6 is 11.3 Å². The number of rotatable bonds is 6. The molecule has 1 saturated heterocycles. The molecule has 0 radical (unpaired) electrons. The Hall–Kier alpha value is -2.47. The van der Waals surface area contributed by atoms with Gasteiger partial charge in [0.15, 0.2) is 5.78 Å². The second kappa shape index (κ2) is 8.95. The van der Waals surface area contributed by atoms with E-state index in [1.807, 2.05) is 48.7 Å². The Kier molecular flexibility index (Phi) is 6.40. The summed E-state index contributed by atoms with van der Waals surface area (Å²) >= 11 is 1.42. The molecule has 1 aromatic carbocycles. The molecule has 0 spiro atoms. The summed E-state index contributed by atoms with van der Waals surface area (Å²) in [6.45, 7) is 3.21. The van der Waals surface area contributed by atoms with Gasteiger partial charge in [0.1, 0.15) is 0 Å². The van der Waals surface area contributed by atoms with Crippen LogP contribution in [0.5, 0.6) is 0 Å². The predicted octanol–water partition coefficient (Wildman–Crippen LogP) is 3.44. The maximum Gasteiger partial charge on any atom is 0.261 e. The monoisotopic (exact) mass is 384 g/mol. The van der Waals surface area contributed by atoms with Crippen LogP contribution in [0.3, 0.4) is 0 Å². The number of aryl methyl sites for hydroxylation is 1. The zero-order valence-corrected chi connectivity index (χ0v) is 16.3. The number of carbonyl (C=O) groups is 3. The van der Waals surface area contributed by atoms with Crippen LogP contribution in [0.2, 0.25) is 0 Å². The molecule has 5 nitrogen and oxygen atoms in total. The van der Waals surface area contributed by atoms with Gasteiger partial charge in [-0.05, 0) is 31.2 Å². The molecule has 1 fully saturated rings. The van der Waals surface area contributed by atoms with Crippen molar-refractivity contribution in [1.82, 2.24) is 10.2 Å². The smallest absolute Gasteiger partial charge is 0.261 e. The van der Waals surface area contributed by atoms with Crippen molar-refractivity contribution in [3.8, 4) is 0 Å². The van der Waals surface area contributed by atoms with Crippen molar-refractivity contribution < 1.29 is 14.4 Å². The van der Waals surface area contributed by atoms with E-state index in [1.165, 1.54) is 11.3 Å². The Morgan fingerprint density at radius 1 is 1.07 bits per heavy atom. The van der Waals surface area contributed by atoms with Crippen LogP contribution in [0.1, 0.15) is 51.3 Å². The number of hydrogen-bond acceptors (Lipinski definition) is 4. The third-order valence-corrected chi connectivity index (χ3v) is 5.74. The van der Waals surface area contributed by atoms with Crippen molar-refractivity contribution in [2.75, 3.05) is 13.1 Å². The van der Waals surface area contributed by atoms with Gasteiger partial charge in [-0.3, -0.25) is 14.4 Å². The lowest BCUT2D eigenvalue weighted by Gasteiger charge is -2.32. The molecule has 27 heavy (non-hydrogen) atoms. The molecule has 0 aliphatic carbocycles. The second-order valence-corrected chi connectivity index (χ2v) is 7.84. The van der Waals surface area contributed by atoms with Gasteiger partial charge >= 0.3 is 0 Å². The number of Topliss-reactive ketones (excluding diaryl/α,β-unsaturated/α-hetero) is 1. The van der Waals surface area contributed by atoms with Gasteiger partial charge in [0.25, 0.3) is 5.91 Å². The Bertz CT molecular complexity index is 791. The van der Waals surface area contributed by atoms with Crippen LogP contribution in [0.4, 0.5) is 0 Å². The minimum atomic E-state index is -0.0431. The van der Waals surface area contributed by atoms with Crippen LogP contribution < -0.4 is 5.32 Å². The highest BCUT2D eigenvalue weighted by molar-refractivity contribution is 7.12. The number of carbonyl (C=O) groups excluding carboxylic acids is 3. The SMILES string of the molecule is Cc1ccc(C(=O)CCC(=O)N2CCC(NC(=O)c3cccs3)CC2)cc1. The van der Waals surface area contributed by atoms with Gasteiger partial charge in [0, 0.05) is 37.5 Å². The summed E-state index contributed by atoms with van der Waals surface area (Å²) < 4.78 is 0. The van der Waals surface area contributed by atoms with E-state index in [-0.39, 0.29) is 36.5 Å². The van der Waals surface area contributed by atoms with Gasteiger partial charge in [-0.25, -0.2) is 0 Å². The maximum atomic E-state index is 12.4. The fraction of sp³-hybridized carbons (Fsp3) is 0.381. The fourth-order valence-electron chi connectivity index (χ4n) is 3.20. The van der Waals surface area contributed by atoms with Gasteiger partial charge in [0.05, 0.1) is 4.88 Å². The van der Waals surface area contributed by atoms with Gasteiger partial charge in [-0.2, -0.15) is 0 Å². The molecule has 2 amide bonds. The molecule has 6 heteroatoms. The first-order chi connectivity index (χ1) is 13.0. The predicted molar refractivity (Wildman–Crippen MR) is 106 cm³/mol. The van der Waals surface area contributed by atoms with Crippen molar-refractivity contribution in [3.05, 3.63) is 57.8 Å². The van der Waals surface area contributed by atoms with E-state index in [4.69, 9.17) is 0 Å². The number of piperidine rings is 1. The molecule has 1 aliphatic rings. The van der Waals surface area contributed by atoms with Crippen molar-refractivity contribution in [2.24, 2.45) is 0 Å². The van der Waals surface area contributed by atoms with E-state index in [0.29, 0.717) is 23.5 Å². The lowest BCUT2D eigenvalue weighted by atomic mass is 10.0. The lowest BCUT2D eigenvalue weighted by Crippen LogP contribution is -2.46. The molecule has 1 N–H and O–H groups in total. The zero-order valence-electron chi connectivity index (χ0n) is 15.4. The first-order valence-electron chi connectivity index (χ1n) is 9.25. The first kappa shape index (κ1) is 19.3. The number of ketones is 1. The van der Waals surface area contributed by atoms with E-state index in [0.717, 1.165) is 18.4 Å². The number of nitrogens with zero attached hydrogens (tertiary/aromatic N) is 1. The molecule has 0 unspecified atom stereocenters.